The number of nitrogen functional groups attached to an aromatic ring is 1. The van der Waals surface area contributed by atoms with Gasteiger partial charge in [-0.05, 0) is 40.2 Å². The van der Waals surface area contributed by atoms with Crippen LogP contribution in [0, 0.1) is 0 Å². The van der Waals surface area contributed by atoms with Crippen LogP contribution in [0.25, 0.3) is 17.1 Å². The van der Waals surface area contributed by atoms with Crippen LogP contribution in [-0.2, 0) is 0 Å². The zero-order chi connectivity index (χ0) is 15.0. The summed E-state index contributed by atoms with van der Waals surface area (Å²) in [5.41, 5.74) is 8.02. The molecule has 3 aromatic rings. The molecule has 0 saturated carbocycles. The molecule has 0 spiro atoms. The van der Waals surface area contributed by atoms with Crippen LogP contribution >= 0.6 is 43.5 Å². The van der Waals surface area contributed by atoms with Crippen molar-refractivity contribution in [2.45, 2.75) is 0 Å². The molecular formula is C14H9Br2ClN4. The van der Waals surface area contributed by atoms with E-state index in [0.29, 0.717) is 22.2 Å². The van der Waals surface area contributed by atoms with Gasteiger partial charge in [0, 0.05) is 20.7 Å². The van der Waals surface area contributed by atoms with E-state index >= 15 is 0 Å². The maximum atomic E-state index is 6.26. The first-order valence-corrected chi connectivity index (χ1v) is 7.93. The lowest BCUT2D eigenvalue weighted by atomic mass is 10.1. The number of aromatic nitrogens is 3. The summed E-state index contributed by atoms with van der Waals surface area (Å²) >= 11 is 13.0. The number of nitrogens with zero attached hydrogens (tertiary/aromatic N) is 3. The van der Waals surface area contributed by atoms with Gasteiger partial charge < -0.3 is 5.73 Å². The summed E-state index contributed by atoms with van der Waals surface area (Å²) in [6, 6.07) is 9.34. The van der Waals surface area contributed by atoms with E-state index in [0.717, 1.165) is 14.5 Å². The smallest absolute Gasteiger partial charge is 0.153 e. The van der Waals surface area contributed by atoms with Gasteiger partial charge >= 0.3 is 0 Å². The summed E-state index contributed by atoms with van der Waals surface area (Å²) in [5.74, 6) is 0.685. The molecule has 7 heteroatoms. The SMILES string of the molecule is Nc1cn(-c2ccc(Br)cn2)nc1-c1ccc(Br)cc1Cl. The molecule has 0 aliphatic rings. The quantitative estimate of drug-likeness (QED) is 0.644. The Morgan fingerprint density at radius 3 is 2.52 bits per heavy atom. The molecular weight excluding hydrogens is 419 g/mol. The normalized spacial score (nSPS) is 10.8. The molecule has 2 aromatic heterocycles. The van der Waals surface area contributed by atoms with Crippen LogP contribution in [0.15, 0.2) is 51.7 Å². The van der Waals surface area contributed by atoms with Gasteiger partial charge in [0.2, 0.25) is 0 Å². The highest BCUT2D eigenvalue weighted by molar-refractivity contribution is 9.10. The first-order valence-electron chi connectivity index (χ1n) is 5.97. The van der Waals surface area contributed by atoms with Crippen molar-refractivity contribution in [1.29, 1.82) is 0 Å². The third-order valence-corrected chi connectivity index (χ3v) is 4.15. The Labute approximate surface area is 143 Å². The number of benzene rings is 1. The fourth-order valence-corrected chi connectivity index (χ4v) is 2.90. The van der Waals surface area contributed by atoms with E-state index in [-0.39, 0.29) is 0 Å². The number of pyridine rings is 1. The van der Waals surface area contributed by atoms with Crippen LogP contribution in [0.1, 0.15) is 0 Å². The Hall–Kier alpha value is -1.37. The van der Waals surface area contributed by atoms with E-state index in [4.69, 9.17) is 17.3 Å². The van der Waals surface area contributed by atoms with Gasteiger partial charge in [0.1, 0.15) is 5.69 Å². The maximum Gasteiger partial charge on any atom is 0.153 e. The van der Waals surface area contributed by atoms with Gasteiger partial charge in [-0.1, -0.05) is 33.6 Å². The minimum absolute atomic E-state index is 0.545. The molecule has 0 aliphatic carbocycles. The summed E-state index contributed by atoms with van der Waals surface area (Å²) in [7, 11) is 0. The predicted molar refractivity (Wildman–Crippen MR) is 91.6 cm³/mol. The average Bonchev–Trinajstić information content (AvgIpc) is 2.81. The van der Waals surface area contributed by atoms with Crippen LogP contribution < -0.4 is 5.73 Å². The third kappa shape index (κ3) is 2.97. The molecule has 4 nitrogen and oxygen atoms in total. The molecule has 0 unspecified atom stereocenters. The topological polar surface area (TPSA) is 56.7 Å². The Morgan fingerprint density at radius 2 is 1.86 bits per heavy atom. The zero-order valence-corrected chi connectivity index (χ0v) is 14.5. The maximum absolute atomic E-state index is 6.26. The average molecular weight is 429 g/mol. The van der Waals surface area contributed by atoms with Crippen molar-refractivity contribution in [2.24, 2.45) is 0 Å². The second-order valence-electron chi connectivity index (χ2n) is 4.34. The standard InChI is InChI=1S/C14H9Br2ClN4/c15-8-1-3-10(11(17)5-8)14-12(18)7-21(20-14)13-4-2-9(16)6-19-13/h1-7H,18H2. The fraction of sp³-hybridized carbons (Fsp3) is 0. The molecule has 0 bridgehead atoms. The van der Waals surface area contributed by atoms with Gasteiger partial charge in [0.25, 0.3) is 0 Å². The zero-order valence-electron chi connectivity index (χ0n) is 10.6. The summed E-state index contributed by atoms with van der Waals surface area (Å²) in [6.45, 7) is 0. The third-order valence-electron chi connectivity index (χ3n) is 2.88. The number of rotatable bonds is 2. The van der Waals surface area contributed by atoms with Crippen LogP contribution in [-0.4, -0.2) is 14.8 Å². The molecule has 106 valence electrons. The second-order valence-corrected chi connectivity index (χ2v) is 6.57. The van der Waals surface area contributed by atoms with Crippen molar-refractivity contribution >= 4 is 49.1 Å². The second kappa shape index (κ2) is 5.79. The molecule has 1 aromatic carbocycles. The highest BCUT2D eigenvalue weighted by atomic mass is 79.9. The Kier molecular flexibility index (Phi) is 4.01. The minimum Gasteiger partial charge on any atom is -0.396 e. The van der Waals surface area contributed by atoms with Crippen LogP contribution in [0.3, 0.4) is 0 Å². The van der Waals surface area contributed by atoms with Crippen molar-refractivity contribution in [3.8, 4) is 17.1 Å². The molecule has 2 heterocycles. The van der Waals surface area contributed by atoms with Crippen molar-refractivity contribution in [3.63, 3.8) is 0 Å². The van der Waals surface area contributed by atoms with Crippen molar-refractivity contribution in [3.05, 3.63) is 56.7 Å². The molecule has 3 rings (SSSR count). The lowest BCUT2D eigenvalue weighted by Crippen LogP contribution is -1.97. The fourth-order valence-electron chi connectivity index (χ4n) is 1.90. The lowest BCUT2D eigenvalue weighted by Gasteiger charge is -2.03. The first kappa shape index (κ1) is 14.6. The molecule has 0 saturated heterocycles. The lowest BCUT2D eigenvalue weighted by molar-refractivity contribution is 0.849. The monoisotopic (exact) mass is 426 g/mol. The van der Waals surface area contributed by atoms with E-state index in [1.54, 1.807) is 17.1 Å². The van der Waals surface area contributed by atoms with Crippen molar-refractivity contribution in [1.82, 2.24) is 14.8 Å². The molecule has 0 aliphatic heterocycles. The molecule has 0 radical (unpaired) electrons. The minimum atomic E-state index is 0.545. The van der Waals surface area contributed by atoms with E-state index in [2.05, 4.69) is 41.9 Å². The van der Waals surface area contributed by atoms with Crippen molar-refractivity contribution < 1.29 is 0 Å². The summed E-state index contributed by atoms with van der Waals surface area (Å²) in [6.07, 6.45) is 3.43. The van der Waals surface area contributed by atoms with Crippen LogP contribution in [0.4, 0.5) is 5.69 Å². The molecule has 0 atom stereocenters. The van der Waals surface area contributed by atoms with Crippen molar-refractivity contribution in [2.75, 3.05) is 5.73 Å². The molecule has 21 heavy (non-hydrogen) atoms. The van der Waals surface area contributed by atoms with Crippen LogP contribution in [0.5, 0.6) is 0 Å². The van der Waals surface area contributed by atoms with Gasteiger partial charge in [-0.2, -0.15) is 5.10 Å². The van der Waals surface area contributed by atoms with E-state index in [1.807, 2.05) is 30.3 Å². The first-order chi connectivity index (χ1) is 10.0. The molecule has 2 N–H and O–H groups in total. The summed E-state index contributed by atoms with van der Waals surface area (Å²) in [5, 5.41) is 5.07. The Bertz CT molecular complexity index is 799. The predicted octanol–water partition coefficient (Wildman–Crippen LogP) is 4.69. The van der Waals surface area contributed by atoms with E-state index < -0.39 is 0 Å². The number of hydrogen-bond donors (Lipinski definition) is 1. The Morgan fingerprint density at radius 1 is 1.10 bits per heavy atom. The van der Waals surface area contributed by atoms with Gasteiger partial charge in [-0.25, -0.2) is 9.67 Å². The molecule has 0 fully saturated rings. The highest BCUT2D eigenvalue weighted by Crippen LogP contribution is 2.33. The van der Waals surface area contributed by atoms with E-state index in [9.17, 15) is 0 Å². The number of nitrogens with two attached hydrogens (primary N) is 1. The van der Waals surface area contributed by atoms with Gasteiger partial charge in [0.05, 0.1) is 16.9 Å². The van der Waals surface area contributed by atoms with Gasteiger partial charge in [-0.15, -0.1) is 0 Å². The Balaban J connectivity index is 2.07. The number of anilines is 1. The summed E-state index contributed by atoms with van der Waals surface area (Å²) in [4.78, 5) is 4.29. The summed E-state index contributed by atoms with van der Waals surface area (Å²) < 4.78 is 3.45. The van der Waals surface area contributed by atoms with Gasteiger partial charge in [-0.3, -0.25) is 0 Å². The largest absolute Gasteiger partial charge is 0.396 e. The number of halogens is 3. The number of hydrogen-bond acceptors (Lipinski definition) is 3. The highest BCUT2D eigenvalue weighted by Gasteiger charge is 2.13. The molecule has 0 amide bonds. The van der Waals surface area contributed by atoms with Gasteiger partial charge in [0.15, 0.2) is 5.82 Å². The van der Waals surface area contributed by atoms with E-state index in [1.165, 1.54) is 0 Å². The van der Waals surface area contributed by atoms with Crippen LogP contribution in [0.2, 0.25) is 5.02 Å².